The molecule has 20 heavy (non-hydrogen) atoms. The molecule has 0 aromatic carbocycles. The van der Waals surface area contributed by atoms with Crippen molar-refractivity contribution in [3.63, 3.8) is 0 Å². The number of hydrogen-bond donors (Lipinski definition) is 2. The molecular weight excluding hydrogens is 268 g/mol. The Kier molecular flexibility index (Phi) is 7.38. The van der Waals surface area contributed by atoms with Crippen LogP contribution < -0.4 is 11.1 Å². The SMILES string of the molecule is CSC1CCCC1NC(=O)CCC(CCN)C(C)(C)C. The van der Waals surface area contributed by atoms with E-state index in [0.29, 0.717) is 30.2 Å². The number of amides is 1. The number of nitrogens with two attached hydrogens (primary N) is 1. The molecule has 1 saturated carbocycles. The molecule has 0 saturated heterocycles. The summed E-state index contributed by atoms with van der Waals surface area (Å²) >= 11 is 1.89. The summed E-state index contributed by atoms with van der Waals surface area (Å²) < 4.78 is 0. The number of carbonyl (C=O) groups excluding carboxylic acids is 1. The smallest absolute Gasteiger partial charge is 0.220 e. The summed E-state index contributed by atoms with van der Waals surface area (Å²) in [5, 5.41) is 3.85. The van der Waals surface area contributed by atoms with Crippen molar-refractivity contribution in [2.75, 3.05) is 12.8 Å². The first-order valence-corrected chi connectivity index (χ1v) is 9.19. The van der Waals surface area contributed by atoms with E-state index in [-0.39, 0.29) is 11.3 Å². The lowest BCUT2D eigenvalue weighted by Gasteiger charge is -2.30. The van der Waals surface area contributed by atoms with Crippen LogP contribution in [0.25, 0.3) is 0 Å². The van der Waals surface area contributed by atoms with Gasteiger partial charge in [-0.25, -0.2) is 0 Å². The highest BCUT2D eigenvalue weighted by atomic mass is 32.2. The average molecular weight is 301 g/mol. The summed E-state index contributed by atoms with van der Waals surface area (Å²) in [7, 11) is 0. The number of carbonyl (C=O) groups is 1. The van der Waals surface area contributed by atoms with Gasteiger partial charge in [-0.15, -0.1) is 0 Å². The van der Waals surface area contributed by atoms with Gasteiger partial charge in [-0.2, -0.15) is 11.8 Å². The van der Waals surface area contributed by atoms with Gasteiger partial charge in [0.15, 0.2) is 0 Å². The maximum absolute atomic E-state index is 12.1. The number of nitrogens with one attached hydrogen (secondary N) is 1. The van der Waals surface area contributed by atoms with Crippen LogP contribution in [0.2, 0.25) is 0 Å². The fraction of sp³-hybridized carbons (Fsp3) is 0.938. The Morgan fingerprint density at radius 2 is 2.05 bits per heavy atom. The summed E-state index contributed by atoms with van der Waals surface area (Å²) in [5.74, 6) is 0.750. The van der Waals surface area contributed by atoms with Gasteiger partial charge in [0.25, 0.3) is 0 Å². The van der Waals surface area contributed by atoms with Crippen LogP contribution in [0.15, 0.2) is 0 Å². The molecule has 0 heterocycles. The van der Waals surface area contributed by atoms with Crippen molar-refractivity contribution in [3.8, 4) is 0 Å². The quantitative estimate of drug-likeness (QED) is 0.759. The summed E-state index contributed by atoms with van der Waals surface area (Å²) in [6.45, 7) is 7.44. The van der Waals surface area contributed by atoms with Crippen LogP contribution in [-0.2, 0) is 4.79 Å². The van der Waals surface area contributed by atoms with Crippen LogP contribution in [0.4, 0.5) is 0 Å². The largest absolute Gasteiger partial charge is 0.352 e. The van der Waals surface area contributed by atoms with E-state index in [1.54, 1.807) is 0 Å². The maximum Gasteiger partial charge on any atom is 0.220 e. The molecule has 0 spiro atoms. The monoisotopic (exact) mass is 300 g/mol. The first-order chi connectivity index (χ1) is 9.38. The highest BCUT2D eigenvalue weighted by Crippen LogP contribution is 2.32. The van der Waals surface area contributed by atoms with Crippen molar-refractivity contribution in [2.24, 2.45) is 17.1 Å². The minimum atomic E-state index is 0.224. The third-order valence-corrected chi connectivity index (χ3v) is 5.73. The first-order valence-electron chi connectivity index (χ1n) is 7.90. The van der Waals surface area contributed by atoms with Gasteiger partial charge < -0.3 is 11.1 Å². The summed E-state index contributed by atoms with van der Waals surface area (Å²) in [6.07, 6.45) is 8.36. The molecule has 4 heteroatoms. The van der Waals surface area contributed by atoms with Gasteiger partial charge in [0.2, 0.25) is 5.91 Å². The maximum atomic E-state index is 12.1. The van der Waals surface area contributed by atoms with Crippen molar-refractivity contribution in [1.82, 2.24) is 5.32 Å². The van der Waals surface area contributed by atoms with E-state index in [1.807, 2.05) is 11.8 Å². The molecule has 3 nitrogen and oxygen atoms in total. The fourth-order valence-electron chi connectivity index (χ4n) is 3.17. The summed E-state index contributed by atoms with van der Waals surface area (Å²) in [6, 6.07) is 0.389. The van der Waals surface area contributed by atoms with E-state index in [1.165, 1.54) is 12.8 Å². The van der Waals surface area contributed by atoms with Crippen molar-refractivity contribution in [3.05, 3.63) is 0 Å². The van der Waals surface area contributed by atoms with Gasteiger partial charge in [0, 0.05) is 17.7 Å². The Morgan fingerprint density at radius 3 is 2.60 bits per heavy atom. The molecule has 3 unspecified atom stereocenters. The lowest BCUT2D eigenvalue weighted by atomic mass is 9.76. The highest BCUT2D eigenvalue weighted by Gasteiger charge is 2.29. The van der Waals surface area contributed by atoms with Gasteiger partial charge >= 0.3 is 0 Å². The summed E-state index contributed by atoms with van der Waals surface area (Å²) in [5.41, 5.74) is 5.93. The predicted molar refractivity (Wildman–Crippen MR) is 88.9 cm³/mol. The molecule has 3 N–H and O–H groups in total. The van der Waals surface area contributed by atoms with Crippen LogP contribution in [0.5, 0.6) is 0 Å². The third kappa shape index (κ3) is 5.65. The van der Waals surface area contributed by atoms with E-state index in [4.69, 9.17) is 5.73 Å². The van der Waals surface area contributed by atoms with Crippen molar-refractivity contribution >= 4 is 17.7 Å². The standard InChI is InChI=1S/C16H32N2OS/c1-16(2,3)12(10-11-17)8-9-15(19)18-13-6-5-7-14(13)20-4/h12-14H,5-11,17H2,1-4H3,(H,18,19). The van der Waals surface area contributed by atoms with Crippen LogP contribution >= 0.6 is 11.8 Å². The van der Waals surface area contributed by atoms with E-state index in [0.717, 1.165) is 19.3 Å². The Labute approximate surface area is 128 Å². The van der Waals surface area contributed by atoms with Crippen molar-refractivity contribution in [2.45, 2.75) is 70.6 Å². The van der Waals surface area contributed by atoms with Crippen LogP contribution in [0, 0.1) is 11.3 Å². The third-order valence-electron chi connectivity index (χ3n) is 4.56. The van der Waals surface area contributed by atoms with Gasteiger partial charge in [-0.3, -0.25) is 4.79 Å². The normalized spacial score (nSPS) is 24.6. The van der Waals surface area contributed by atoms with Gasteiger partial charge in [-0.1, -0.05) is 27.2 Å². The second-order valence-electron chi connectivity index (χ2n) is 7.06. The van der Waals surface area contributed by atoms with Gasteiger partial charge in [0.1, 0.15) is 0 Å². The molecule has 0 aromatic rings. The van der Waals surface area contributed by atoms with Gasteiger partial charge in [-0.05, 0) is 49.8 Å². The molecule has 0 bridgehead atoms. The van der Waals surface area contributed by atoms with E-state index in [2.05, 4.69) is 32.3 Å². The second-order valence-corrected chi connectivity index (χ2v) is 8.13. The zero-order valence-corrected chi connectivity index (χ0v) is 14.4. The van der Waals surface area contributed by atoms with Crippen LogP contribution in [0.3, 0.4) is 0 Å². The molecule has 0 aliphatic heterocycles. The zero-order valence-electron chi connectivity index (χ0n) is 13.6. The lowest BCUT2D eigenvalue weighted by Crippen LogP contribution is -2.39. The average Bonchev–Trinajstić information content (AvgIpc) is 2.80. The zero-order chi connectivity index (χ0) is 15.2. The van der Waals surface area contributed by atoms with Gasteiger partial charge in [0.05, 0.1) is 0 Å². The Balaban J connectivity index is 2.38. The fourth-order valence-corrected chi connectivity index (χ4v) is 4.10. The molecular formula is C16H32N2OS. The molecule has 118 valence electrons. The van der Waals surface area contributed by atoms with E-state index >= 15 is 0 Å². The van der Waals surface area contributed by atoms with Crippen molar-refractivity contribution in [1.29, 1.82) is 0 Å². The van der Waals surface area contributed by atoms with Crippen LogP contribution in [0.1, 0.15) is 59.3 Å². The first kappa shape index (κ1) is 17.8. The van der Waals surface area contributed by atoms with E-state index in [9.17, 15) is 4.79 Å². The molecule has 1 fully saturated rings. The highest BCUT2D eigenvalue weighted by molar-refractivity contribution is 7.99. The Morgan fingerprint density at radius 1 is 1.35 bits per heavy atom. The number of hydrogen-bond acceptors (Lipinski definition) is 3. The lowest BCUT2D eigenvalue weighted by molar-refractivity contribution is -0.122. The minimum absolute atomic E-state index is 0.224. The number of thioether (sulfide) groups is 1. The molecule has 1 rings (SSSR count). The molecule has 0 radical (unpaired) electrons. The number of rotatable bonds is 7. The van der Waals surface area contributed by atoms with E-state index < -0.39 is 0 Å². The molecule has 1 aliphatic carbocycles. The summed E-state index contributed by atoms with van der Waals surface area (Å²) in [4.78, 5) is 12.1. The second kappa shape index (κ2) is 8.28. The Bertz CT molecular complexity index is 301. The minimum Gasteiger partial charge on any atom is -0.352 e. The van der Waals surface area contributed by atoms with Crippen LogP contribution in [-0.4, -0.2) is 30.0 Å². The topological polar surface area (TPSA) is 55.1 Å². The van der Waals surface area contributed by atoms with Crippen molar-refractivity contribution < 1.29 is 4.79 Å². The Hall–Kier alpha value is -0.220. The predicted octanol–water partition coefficient (Wildman–Crippen LogP) is 3.18. The molecule has 1 aliphatic rings. The molecule has 1 amide bonds. The molecule has 3 atom stereocenters. The molecule has 0 aromatic heterocycles.